The van der Waals surface area contributed by atoms with Crippen molar-refractivity contribution in [3.8, 4) is 0 Å². The van der Waals surface area contributed by atoms with E-state index in [0.717, 1.165) is 26.0 Å². The number of hydrogen-bond acceptors (Lipinski definition) is 4. The summed E-state index contributed by atoms with van der Waals surface area (Å²) in [6.45, 7) is 6.31. The summed E-state index contributed by atoms with van der Waals surface area (Å²) in [5, 5.41) is 0. The predicted molar refractivity (Wildman–Crippen MR) is 61.8 cm³/mol. The Kier molecular flexibility index (Phi) is 13.1. The first-order valence-electron chi connectivity index (χ1n) is 5.54. The van der Waals surface area contributed by atoms with E-state index in [9.17, 15) is 0 Å². The molecular weight excluding hydrogens is 194 g/mol. The smallest absolute Gasteiger partial charge is 0.0701 e. The Balaban J connectivity index is 2.92. The van der Waals surface area contributed by atoms with Gasteiger partial charge in [0, 0.05) is 26.3 Å². The second kappa shape index (κ2) is 13.5. The molecule has 0 heterocycles. The molecule has 0 saturated heterocycles. The highest BCUT2D eigenvalue weighted by molar-refractivity contribution is 5.57. The highest BCUT2D eigenvalue weighted by Crippen LogP contribution is 1.83. The van der Waals surface area contributed by atoms with Crippen molar-refractivity contribution in [2.45, 2.75) is 19.8 Å². The lowest BCUT2D eigenvalue weighted by Crippen LogP contribution is -2.08. The van der Waals surface area contributed by atoms with Crippen LogP contribution in [0, 0.1) is 0 Å². The summed E-state index contributed by atoms with van der Waals surface area (Å²) < 4.78 is 15.4. The fraction of sp³-hybridized carbons (Fsp3) is 0.909. The maximum Gasteiger partial charge on any atom is 0.0701 e. The van der Waals surface area contributed by atoms with E-state index in [0.29, 0.717) is 26.4 Å². The van der Waals surface area contributed by atoms with E-state index in [2.05, 4.69) is 11.9 Å². The molecule has 0 aliphatic heterocycles. The van der Waals surface area contributed by atoms with E-state index in [-0.39, 0.29) is 0 Å². The van der Waals surface area contributed by atoms with E-state index in [1.54, 1.807) is 7.11 Å². The van der Waals surface area contributed by atoms with Gasteiger partial charge in [-0.05, 0) is 6.42 Å². The quantitative estimate of drug-likeness (QED) is 0.389. The first kappa shape index (κ1) is 14.6. The van der Waals surface area contributed by atoms with Crippen LogP contribution in [-0.4, -0.2) is 52.9 Å². The fourth-order valence-corrected chi connectivity index (χ4v) is 0.912. The molecule has 0 unspecified atom stereocenters. The summed E-state index contributed by atoms with van der Waals surface area (Å²) in [4.78, 5) is 4.20. The van der Waals surface area contributed by atoms with Crippen molar-refractivity contribution < 1.29 is 14.2 Å². The summed E-state index contributed by atoms with van der Waals surface area (Å²) in [7, 11) is 1.66. The molecule has 0 aromatic heterocycles. The number of ether oxygens (including phenoxy) is 3. The molecule has 15 heavy (non-hydrogen) atoms. The Morgan fingerprint density at radius 3 is 2.33 bits per heavy atom. The second-order valence-electron chi connectivity index (χ2n) is 3.09. The third-order valence-electron chi connectivity index (χ3n) is 1.68. The van der Waals surface area contributed by atoms with E-state index < -0.39 is 0 Å². The van der Waals surface area contributed by atoms with E-state index in [1.165, 1.54) is 0 Å². The summed E-state index contributed by atoms with van der Waals surface area (Å²) in [6.07, 6.45) is 3.91. The van der Waals surface area contributed by atoms with Gasteiger partial charge in [0.1, 0.15) is 0 Å². The Morgan fingerprint density at radius 1 is 1.00 bits per heavy atom. The van der Waals surface area contributed by atoms with E-state index in [4.69, 9.17) is 14.2 Å². The van der Waals surface area contributed by atoms with E-state index >= 15 is 0 Å². The lowest BCUT2D eigenvalue weighted by atomic mass is 10.4. The molecule has 0 N–H and O–H groups in total. The Morgan fingerprint density at radius 2 is 1.67 bits per heavy atom. The maximum absolute atomic E-state index is 5.34. The van der Waals surface area contributed by atoms with Crippen molar-refractivity contribution in [1.82, 2.24) is 0 Å². The minimum atomic E-state index is 0.634. The van der Waals surface area contributed by atoms with Gasteiger partial charge >= 0.3 is 0 Å². The summed E-state index contributed by atoms with van der Waals surface area (Å²) in [6, 6.07) is 0. The van der Waals surface area contributed by atoms with Gasteiger partial charge in [0.15, 0.2) is 0 Å². The van der Waals surface area contributed by atoms with Crippen LogP contribution in [0.3, 0.4) is 0 Å². The van der Waals surface area contributed by atoms with Gasteiger partial charge in [-0.2, -0.15) is 0 Å². The van der Waals surface area contributed by atoms with Gasteiger partial charge in [-0.15, -0.1) is 0 Å². The zero-order valence-electron chi connectivity index (χ0n) is 9.91. The van der Waals surface area contributed by atoms with Crippen molar-refractivity contribution in [2.24, 2.45) is 4.99 Å². The van der Waals surface area contributed by atoms with Gasteiger partial charge in [-0.3, -0.25) is 4.99 Å². The number of methoxy groups -OCH3 is 1. The minimum Gasteiger partial charge on any atom is -0.382 e. The van der Waals surface area contributed by atoms with Gasteiger partial charge in [-0.25, -0.2) is 0 Å². The SMILES string of the molecule is CCCN=CCCOCCOCCOC. The van der Waals surface area contributed by atoms with Gasteiger partial charge < -0.3 is 14.2 Å². The van der Waals surface area contributed by atoms with Crippen LogP contribution in [-0.2, 0) is 14.2 Å². The molecule has 0 atom stereocenters. The van der Waals surface area contributed by atoms with Crippen LogP contribution in [0.25, 0.3) is 0 Å². The van der Waals surface area contributed by atoms with Crippen LogP contribution in [0.1, 0.15) is 19.8 Å². The monoisotopic (exact) mass is 217 g/mol. The highest BCUT2D eigenvalue weighted by atomic mass is 16.5. The van der Waals surface area contributed by atoms with Crippen LogP contribution >= 0.6 is 0 Å². The molecular formula is C11H23NO3. The van der Waals surface area contributed by atoms with Crippen molar-refractivity contribution in [3.63, 3.8) is 0 Å². The first-order chi connectivity index (χ1) is 7.41. The van der Waals surface area contributed by atoms with Crippen LogP contribution in [0.5, 0.6) is 0 Å². The molecule has 0 aromatic rings. The number of hydrogen-bond donors (Lipinski definition) is 0. The number of nitrogens with zero attached hydrogens (tertiary/aromatic N) is 1. The Hall–Kier alpha value is -0.450. The zero-order chi connectivity index (χ0) is 11.2. The second-order valence-corrected chi connectivity index (χ2v) is 3.09. The lowest BCUT2D eigenvalue weighted by Gasteiger charge is -2.03. The first-order valence-corrected chi connectivity index (χ1v) is 5.54. The van der Waals surface area contributed by atoms with Crippen molar-refractivity contribution in [3.05, 3.63) is 0 Å². The third kappa shape index (κ3) is 13.6. The summed E-state index contributed by atoms with van der Waals surface area (Å²) >= 11 is 0. The van der Waals surface area contributed by atoms with Crippen LogP contribution < -0.4 is 0 Å². The van der Waals surface area contributed by atoms with Crippen molar-refractivity contribution in [1.29, 1.82) is 0 Å². The third-order valence-corrected chi connectivity index (χ3v) is 1.68. The fourth-order valence-electron chi connectivity index (χ4n) is 0.912. The molecule has 0 fully saturated rings. The normalized spacial score (nSPS) is 11.3. The van der Waals surface area contributed by atoms with Gasteiger partial charge in [0.2, 0.25) is 0 Å². The standard InChI is InChI=1S/C11H23NO3/c1-3-5-12-6-4-7-14-10-11-15-9-8-13-2/h6H,3-5,7-11H2,1-2H3. The molecule has 0 saturated carbocycles. The average molecular weight is 217 g/mol. The molecule has 0 radical (unpaired) electrons. The highest BCUT2D eigenvalue weighted by Gasteiger charge is 1.88. The number of rotatable bonds is 11. The molecule has 0 spiro atoms. The molecule has 0 bridgehead atoms. The molecule has 4 nitrogen and oxygen atoms in total. The Bertz CT molecular complexity index is 140. The largest absolute Gasteiger partial charge is 0.382 e. The molecule has 0 aliphatic rings. The van der Waals surface area contributed by atoms with Gasteiger partial charge in [0.25, 0.3) is 0 Å². The molecule has 0 amide bonds. The van der Waals surface area contributed by atoms with Crippen LogP contribution in [0.15, 0.2) is 4.99 Å². The van der Waals surface area contributed by atoms with Gasteiger partial charge in [0.05, 0.1) is 33.0 Å². The van der Waals surface area contributed by atoms with Crippen molar-refractivity contribution in [2.75, 3.05) is 46.7 Å². The van der Waals surface area contributed by atoms with Crippen molar-refractivity contribution >= 4 is 6.21 Å². The topological polar surface area (TPSA) is 40.0 Å². The minimum absolute atomic E-state index is 0.634. The molecule has 90 valence electrons. The predicted octanol–water partition coefficient (Wildman–Crippen LogP) is 1.54. The zero-order valence-corrected chi connectivity index (χ0v) is 9.91. The van der Waals surface area contributed by atoms with Crippen LogP contribution in [0.4, 0.5) is 0 Å². The van der Waals surface area contributed by atoms with Crippen LogP contribution in [0.2, 0.25) is 0 Å². The summed E-state index contributed by atoms with van der Waals surface area (Å²) in [5.74, 6) is 0. The lowest BCUT2D eigenvalue weighted by molar-refractivity contribution is 0.0266. The molecule has 0 aliphatic carbocycles. The van der Waals surface area contributed by atoms with E-state index in [1.807, 2.05) is 6.21 Å². The average Bonchev–Trinajstić information content (AvgIpc) is 2.26. The summed E-state index contributed by atoms with van der Waals surface area (Å²) in [5.41, 5.74) is 0. The molecule has 4 heteroatoms. The maximum atomic E-state index is 5.34. The number of aliphatic imine (C=N–C) groups is 1. The van der Waals surface area contributed by atoms with Gasteiger partial charge in [-0.1, -0.05) is 6.92 Å². The Labute approximate surface area is 92.6 Å². The molecule has 0 aromatic carbocycles. The molecule has 0 rings (SSSR count).